The van der Waals surface area contributed by atoms with Crippen LogP contribution in [0.15, 0.2) is 30.3 Å². The van der Waals surface area contributed by atoms with E-state index < -0.39 is 55.7 Å². The van der Waals surface area contributed by atoms with Crippen molar-refractivity contribution >= 4 is 29.5 Å². The lowest BCUT2D eigenvalue weighted by atomic mass is 9.78. The second-order valence-corrected chi connectivity index (χ2v) is 10.3. The molecule has 1 amide bonds. The van der Waals surface area contributed by atoms with Crippen LogP contribution in [0.2, 0.25) is 0 Å². The number of nitrogens with zero attached hydrogens (tertiary/aromatic N) is 3. The molecule has 0 N–H and O–H groups in total. The molecule has 2 atom stereocenters. The predicted octanol–water partition coefficient (Wildman–Crippen LogP) is 4.20. The van der Waals surface area contributed by atoms with Crippen LogP contribution in [0.25, 0.3) is 11.0 Å². The van der Waals surface area contributed by atoms with E-state index in [1.807, 2.05) is 27.7 Å². The molecule has 36 heavy (non-hydrogen) atoms. The standard InChI is InChI=1S/C25H25BF3N3O4/c1-24(2)25(3,4)36-26(35-24)13-9-16-15(10-14(13)27)30-21-18-11-17(32(16)21)20-12(22(33)31(18)5)7-6-8-19(20)34-23(28)29/h6-10,17-18,23H,11H2,1-5H3/t17-,18-/m1/s1/i5D3. The van der Waals surface area contributed by atoms with Crippen molar-refractivity contribution in [2.75, 3.05) is 6.98 Å². The lowest BCUT2D eigenvalue weighted by Gasteiger charge is -2.32. The summed E-state index contributed by atoms with van der Waals surface area (Å²) in [5, 5.41) is 0. The quantitative estimate of drug-likeness (QED) is 0.503. The third kappa shape index (κ3) is 3.15. The van der Waals surface area contributed by atoms with E-state index in [0.29, 0.717) is 5.52 Å². The van der Waals surface area contributed by atoms with Crippen LogP contribution < -0.4 is 10.2 Å². The second kappa shape index (κ2) is 7.49. The zero-order valence-corrected chi connectivity index (χ0v) is 20.0. The van der Waals surface area contributed by atoms with Crippen LogP contribution in [0.5, 0.6) is 5.75 Å². The van der Waals surface area contributed by atoms with Crippen molar-refractivity contribution in [3.8, 4) is 5.75 Å². The van der Waals surface area contributed by atoms with Gasteiger partial charge in [0.15, 0.2) is 0 Å². The summed E-state index contributed by atoms with van der Waals surface area (Å²) < 4.78 is 85.1. The maximum atomic E-state index is 15.4. The molecule has 0 spiro atoms. The third-order valence-corrected chi connectivity index (χ3v) is 7.77. The minimum Gasteiger partial charge on any atom is -0.434 e. The molecule has 6 rings (SSSR count). The summed E-state index contributed by atoms with van der Waals surface area (Å²) in [5.41, 5.74) is -0.643. The van der Waals surface area contributed by atoms with E-state index in [9.17, 15) is 13.6 Å². The van der Waals surface area contributed by atoms with Gasteiger partial charge in [0.25, 0.3) is 5.91 Å². The highest BCUT2D eigenvalue weighted by Gasteiger charge is 2.53. The van der Waals surface area contributed by atoms with Crippen molar-refractivity contribution in [3.05, 3.63) is 53.1 Å². The molecule has 3 aromatic rings. The Hall–Kier alpha value is -3.05. The van der Waals surface area contributed by atoms with E-state index in [1.165, 1.54) is 30.3 Å². The Morgan fingerprint density at radius 2 is 1.92 bits per heavy atom. The Kier molecular flexibility index (Phi) is 4.17. The van der Waals surface area contributed by atoms with Crippen molar-refractivity contribution in [1.29, 1.82) is 0 Å². The van der Waals surface area contributed by atoms with Crippen molar-refractivity contribution in [2.24, 2.45) is 0 Å². The van der Waals surface area contributed by atoms with Crippen LogP contribution in [0.1, 0.15) is 72.1 Å². The molecule has 0 unspecified atom stereocenters. The van der Waals surface area contributed by atoms with Crippen LogP contribution in [-0.4, -0.2) is 52.3 Å². The Bertz CT molecular complexity index is 1510. The molecule has 1 aromatic heterocycles. The van der Waals surface area contributed by atoms with Crippen LogP contribution in [0.3, 0.4) is 0 Å². The van der Waals surface area contributed by atoms with Gasteiger partial charge in [-0.05, 0) is 45.9 Å². The average molecular weight is 502 g/mol. The molecule has 11 heteroatoms. The van der Waals surface area contributed by atoms with Crippen LogP contribution in [-0.2, 0) is 9.31 Å². The van der Waals surface area contributed by atoms with E-state index in [-0.39, 0.29) is 40.1 Å². The van der Waals surface area contributed by atoms with Crippen molar-refractivity contribution in [2.45, 2.75) is 64.0 Å². The van der Waals surface area contributed by atoms with Gasteiger partial charge >= 0.3 is 13.7 Å². The summed E-state index contributed by atoms with van der Waals surface area (Å²) in [5.74, 6) is -1.51. The van der Waals surface area contributed by atoms with Gasteiger partial charge in [0.05, 0.1) is 34.3 Å². The molecule has 4 heterocycles. The first kappa shape index (κ1) is 20.1. The minimum absolute atomic E-state index is 0.0578. The minimum atomic E-state index is -3.17. The smallest absolute Gasteiger partial charge is 0.434 e. The number of halogens is 3. The van der Waals surface area contributed by atoms with Gasteiger partial charge in [0, 0.05) is 40.2 Å². The third-order valence-electron chi connectivity index (χ3n) is 7.77. The normalized spacial score (nSPS) is 25.4. The SMILES string of the molecule is [2H]C([2H])([2H])N1C(=O)c2cccc(OC(F)F)c2[C@H]2C[C@@H]1c1nc3cc(F)c(B4OC(C)(C)C(C)(C)O4)cc3n12. The lowest BCUT2D eigenvalue weighted by molar-refractivity contribution is -0.0507. The molecular weight excluding hydrogens is 474 g/mol. The number of amides is 1. The number of carbonyl (C=O) groups excluding carboxylic acids is 1. The Balaban J connectivity index is 1.59. The number of hydrogen-bond acceptors (Lipinski definition) is 5. The van der Waals surface area contributed by atoms with Gasteiger partial charge in [-0.2, -0.15) is 8.78 Å². The monoisotopic (exact) mass is 502 g/mol. The Labute approximate surface area is 210 Å². The zero-order valence-electron chi connectivity index (χ0n) is 23.0. The fourth-order valence-corrected chi connectivity index (χ4v) is 5.30. The van der Waals surface area contributed by atoms with E-state index in [2.05, 4.69) is 4.98 Å². The fraction of sp³-hybridized carbons (Fsp3) is 0.440. The number of aromatic nitrogens is 2. The van der Waals surface area contributed by atoms with Gasteiger partial charge in [-0.1, -0.05) is 6.07 Å². The van der Waals surface area contributed by atoms with Gasteiger partial charge in [0.1, 0.15) is 17.4 Å². The van der Waals surface area contributed by atoms with Gasteiger partial charge in [-0.3, -0.25) is 4.79 Å². The molecule has 0 radical (unpaired) electrons. The number of benzene rings is 2. The first-order valence-corrected chi connectivity index (χ1v) is 11.6. The second-order valence-electron chi connectivity index (χ2n) is 10.3. The van der Waals surface area contributed by atoms with Crippen molar-refractivity contribution < 1.29 is 36.1 Å². The summed E-state index contributed by atoms with van der Waals surface area (Å²) >= 11 is 0. The summed E-state index contributed by atoms with van der Waals surface area (Å²) in [7, 11) is -1.03. The van der Waals surface area contributed by atoms with Gasteiger partial charge in [-0.15, -0.1) is 0 Å². The first-order chi connectivity index (χ1) is 18.1. The molecule has 3 aliphatic heterocycles. The van der Waals surface area contributed by atoms with Crippen LogP contribution >= 0.6 is 0 Å². The Morgan fingerprint density at radius 1 is 1.19 bits per heavy atom. The molecule has 1 fully saturated rings. The number of fused-ring (bicyclic) bond motifs is 9. The molecule has 2 aromatic carbocycles. The zero-order chi connectivity index (χ0) is 28.2. The van der Waals surface area contributed by atoms with E-state index >= 15 is 4.39 Å². The molecule has 2 bridgehead atoms. The fourth-order valence-electron chi connectivity index (χ4n) is 5.30. The highest BCUT2D eigenvalue weighted by Crippen LogP contribution is 2.50. The summed E-state index contributed by atoms with van der Waals surface area (Å²) in [4.78, 5) is 18.8. The highest BCUT2D eigenvalue weighted by molar-refractivity contribution is 6.62. The largest absolute Gasteiger partial charge is 0.497 e. The number of hydrogen-bond donors (Lipinski definition) is 0. The predicted molar refractivity (Wildman–Crippen MR) is 126 cm³/mol. The molecule has 0 saturated carbocycles. The average Bonchev–Trinajstić information content (AvgIpc) is 3.36. The Morgan fingerprint density at radius 3 is 2.58 bits per heavy atom. The molecule has 1 saturated heterocycles. The van der Waals surface area contributed by atoms with Gasteiger partial charge in [0.2, 0.25) is 0 Å². The molecule has 188 valence electrons. The summed E-state index contributed by atoms with van der Waals surface area (Å²) in [6.45, 7) is 1.33. The van der Waals surface area contributed by atoms with Crippen LogP contribution in [0.4, 0.5) is 13.2 Å². The molecular formula is C25H25BF3N3O4. The van der Waals surface area contributed by atoms with Crippen molar-refractivity contribution in [1.82, 2.24) is 14.5 Å². The van der Waals surface area contributed by atoms with Gasteiger partial charge < -0.3 is 23.5 Å². The van der Waals surface area contributed by atoms with E-state index in [0.717, 1.165) is 4.90 Å². The van der Waals surface area contributed by atoms with Crippen LogP contribution in [0, 0.1) is 5.82 Å². The van der Waals surface area contributed by atoms with Gasteiger partial charge in [-0.25, -0.2) is 9.37 Å². The van der Waals surface area contributed by atoms with E-state index in [4.69, 9.17) is 18.2 Å². The molecule has 7 nitrogen and oxygen atoms in total. The summed E-state index contributed by atoms with van der Waals surface area (Å²) in [6.07, 6.45) is 0.0578. The molecule has 3 aliphatic rings. The number of imidazole rings is 1. The number of carbonyl (C=O) groups is 1. The topological polar surface area (TPSA) is 65.8 Å². The summed E-state index contributed by atoms with van der Waals surface area (Å²) in [6, 6.07) is 5.00. The lowest BCUT2D eigenvalue weighted by Crippen LogP contribution is -2.41. The molecule has 0 aliphatic carbocycles. The maximum Gasteiger partial charge on any atom is 0.497 e. The number of rotatable bonds is 3. The number of ether oxygens (including phenoxy) is 1. The highest BCUT2D eigenvalue weighted by atomic mass is 19.3. The maximum absolute atomic E-state index is 15.4. The number of alkyl halides is 2. The van der Waals surface area contributed by atoms with Crippen molar-refractivity contribution in [3.63, 3.8) is 0 Å². The first-order valence-electron chi connectivity index (χ1n) is 13.1. The van der Waals surface area contributed by atoms with E-state index in [1.54, 1.807) is 4.57 Å².